The van der Waals surface area contributed by atoms with Crippen LogP contribution in [0.4, 0.5) is 19.0 Å². The molecule has 10 heteroatoms. The summed E-state index contributed by atoms with van der Waals surface area (Å²) in [4.78, 5) is 41.1. The van der Waals surface area contributed by atoms with Gasteiger partial charge >= 0.3 is 17.8 Å². The number of fused-ring (bicyclic) bond motifs is 1. The molecule has 2 aromatic rings. The average molecular weight is 395 g/mol. The summed E-state index contributed by atoms with van der Waals surface area (Å²) in [6, 6.07) is 4.34. The summed E-state index contributed by atoms with van der Waals surface area (Å²) in [6.45, 7) is 3.14. The molecule has 0 radical (unpaired) electrons. The van der Waals surface area contributed by atoms with Crippen LogP contribution in [0.25, 0.3) is 0 Å². The summed E-state index contributed by atoms with van der Waals surface area (Å²) in [5.74, 6) is -1.91. The Morgan fingerprint density at radius 3 is 2.57 bits per heavy atom. The molecule has 1 aliphatic rings. The molecule has 1 aromatic heterocycles. The lowest BCUT2D eigenvalue weighted by molar-refractivity contribution is -0.139. The Morgan fingerprint density at radius 1 is 1.21 bits per heavy atom. The molecular formula is C18H16F3N3O4. The van der Waals surface area contributed by atoms with Gasteiger partial charge in [-0.1, -0.05) is 18.2 Å². The van der Waals surface area contributed by atoms with Crippen LogP contribution < -0.4 is 16.6 Å². The minimum absolute atomic E-state index is 0.00813. The van der Waals surface area contributed by atoms with Crippen LogP contribution in [0, 0.1) is 0 Å². The molecule has 1 atom stereocenters. The molecule has 0 fully saturated rings. The molecule has 3 N–H and O–H groups in total. The van der Waals surface area contributed by atoms with E-state index in [1.165, 1.54) is 19.1 Å². The van der Waals surface area contributed by atoms with Gasteiger partial charge in [0.25, 0.3) is 5.56 Å². The Kier molecular flexibility index (Phi) is 4.88. The van der Waals surface area contributed by atoms with Crippen molar-refractivity contribution in [3.05, 3.63) is 73.1 Å². The topological polar surface area (TPSA) is 104 Å². The lowest BCUT2D eigenvalue weighted by atomic mass is 9.82. The van der Waals surface area contributed by atoms with Crippen LogP contribution in [0.15, 0.2) is 45.1 Å². The van der Waals surface area contributed by atoms with Crippen molar-refractivity contribution in [1.82, 2.24) is 9.97 Å². The number of halogens is 3. The number of carbonyl (C=O) groups excluding carboxylic acids is 1. The number of hydrogen-bond acceptors (Lipinski definition) is 5. The molecule has 7 nitrogen and oxygen atoms in total. The smallest absolute Gasteiger partial charge is 0.416 e. The van der Waals surface area contributed by atoms with Crippen molar-refractivity contribution in [2.45, 2.75) is 25.9 Å². The summed E-state index contributed by atoms with van der Waals surface area (Å²) >= 11 is 0. The van der Waals surface area contributed by atoms with Crippen molar-refractivity contribution in [3.8, 4) is 0 Å². The molecule has 148 valence electrons. The normalized spacial score (nSPS) is 16.4. The van der Waals surface area contributed by atoms with E-state index in [0.717, 1.165) is 12.1 Å². The minimum atomic E-state index is -4.61. The molecule has 0 unspecified atom stereocenters. The highest BCUT2D eigenvalue weighted by Gasteiger charge is 2.37. The van der Waals surface area contributed by atoms with E-state index < -0.39 is 34.9 Å². The summed E-state index contributed by atoms with van der Waals surface area (Å²) in [5.41, 5.74) is -2.29. The van der Waals surface area contributed by atoms with Crippen molar-refractivity contribution < 1.29 is 22.7 Å². The number of rotatable bonds is 3. The molecule has 3 rings (SSSR count). The zero-order valence-electron chi connectivity index (χ0n) is 14.9. The van der Waals surface area contributed by atoms with Crippen LogP contribution in [-0.4, -0.2) is 22.5 Å². The van der Waals surface area contributed by atoms with E-state index in [0.29, 0.717) is 0 Å². The molecule has 28 heavy (non-hydrogen) atoms. The van der Waals surface area contributed by atoms with E-state index in [9.17, 15) is 27.6 Å². The number of aromatic nitrogens is 2. The van der Waals surface area contributed by atoms with Gasteiger partial charge in [-0.3, -0.25) is 14.8 Å². The van der Waals surface area contributed by atoms with Crippen LogP contribution in [0.2, 0.25) is 0 Å². The third kappa shape index (κ3) is 3.45. The Labute approximate surface area is 156 Å². The number of aromatic amines is 2. The zero-order chi connectivity index (χ0) is 20.6. The number of hydrogen-bond donors (Lipinski definition) is 3. The van der Waals surface area contributed by atoms with Crippen molar-refractivity contribution in [1.29, 1.82) is 0 Å². The fraction of sp³-hybridized carbons (Fsp3) is 0.278. The number of nitrogens with one attached hydrogen (secondary N) is 3. The van der Waals surface area contributed by atoms with Gasteiger partial charge < -0.3 is 10.1 Å². The maximum absolute atomic E-state index is 13.2. The first-order valence-corrected chi connectivity index (χ1v) is 8.32. The standard InChI is InChI=1S/C18H16F3N3O4/c1-3-28-16(26)11-8(2)22-14-13(15(25)24-17(27)23-14)12(11)9-5-4-6-10(7-9)18(19,20)21/h4-7,12H,3H2,1-2H3,(H3,22,23,24,25,27)/t12-/m0/s1. The number of ether oxygens (including phenoxy) is 1. The largest absolute Gasteiger partial charge is 0.463 e. The first kappa shape index (κ1) is 19.5. The van der Waals surface area contributed by atoms with Gasteiger partial charge in [0.1, 0.15) is 5.82 Å². The third-order valence-electron chi connectivity index (χ3n) is 4.32. The SMILES string of the molecule is CCOC(=O)C1=C(C)Nc2[nH]c(=O)[nH]c(=O)c2[C@H]1c1cccc(C(F)(F)F)c1. The fourth-order valence-corrected chi connectivity index (χ4v) is 3.19. The first-order chi connectivity index (χ1) is 13.1. The summed E-state index contributed by atoms with van der Waals surface area (Å²) in [5, 5.41) is 2.76. The Bertz CT molecular complexity index is 1080. The molecular weight excluding hydrogens is 379 g/mol. The van der Waals surface area contributed by atoms with Gasteiger partial charge in [0.2, 0.25) is 0 Å². The van der Waals surface area contributed by atoms with Gasteiger partial charge in [-0.2, -0.15) is 13.2 Å². The maximum atomic E-state index is 13.2. The number of H-pyrrole nitrogens is 2. The summed E-state index contributed by atoms with van der Waals surface area (Å²) in [7, 11) is 0. The van der Waals surface area contributed by atoms with Gasteiger partial charge in [0, 0.05) is 5.70 Å². The van der Waals surface area contributed by atoms with E-state index in [1.807, 2.05) is 4.98 Å². The number of benzene rings is 1. The second-order valence-electron chi connectivity index (χ2n) is 6.14. The van der Waals surface area contributed by atoms with E-state index >= 15 is 0 Å². The molecule has 0 saturated carbocycles. The number of allylic oxidation sites excluding steroid dienone is 1. The van der Waals surface area contributed by atoms with Gasteiger partial charge in [-0.05, 0) is 25.5 Å². The molecule has 0 bridgehead atoms. The van der Waals surface area contributed by atoms with Gasteiger partial charge in [-0.15, -0.1) is 0 Å². The van der Waals surface area contributed by atoms with Crippen LogP contribution in [0.3, 0.4) is 0 Å². The summed E-state index contributed by atoms with van der Waals surface area (Å²) < 4.78 is 44.6. The van der Waals surface area contributed by atoms with Gasteiger partial charge in [0.05, 0.1) is 29.2 Å². The molecule has 0 spiro atoms. The van der Waals surface area contributed by atoms with Gasteiger partial charge in [-0.25, -0.2) is 9.59 Å². The maximum Gasteiger partial charge on any atom is 0.416 e. The monoisotopic (exact) mass is 395 g/mol. The molecule has 0 saturated heterocycles. The lowest BCUT2D eigenvalue weighted by Crippen LogP contribution is -2.35. The van der Waals surface area contributed by atoms with E-state index in [2.05, 4.69) is 10.3 Å². The predicted molar refractivity (Wildman–Crippen MR) is 93.9 cm³/mol. The first-order valence-electron chi connectivity index (χ1n) is 8.32. The minimum Gasteiger partial charge on any atom is -0.463 e. The summed E-state index contributed by atoms with van der Waals surface area (Å²) in [6.07, 6.45) is -4.61. The quantitative estimate of drug-likeness (QED) is 0.693. The van der Waals surface area contributed by atoms with E-state index in [1.54, 1.807) is 6.92 Å². The highest BCUT2D eigenvalue weighted by molar-refractivity contribution is 5.94. The molecule has 1 aromatic carbocycles. The van der Waals surface area contributed by atoms with E-state index in [4.69, 9.17) is 4.74 Å². The number of alkyl halides is 3. The van der Waals surface area contributed by atoms with Crippen molar-refractivity contribution >= 4 is 11.8 Å². The Hall–Kier alpha value is -3.30. The highest BCUT2D eigenvalue weighted by atomic mass is 19.4. The third-order valence-corrected chi connectivity index (χ3v) is 4.32. The highest BCUT2D eigenvalue weighted by Crippen LogP contribution is 2.40. The van der Waals surface area contributed by atoms with Crippen LogP contribution >= 0.6 is 0 Å². The van der Waals surface area contributed by atoms with Crippen molar-refractivity contribution in [2.24, 2.45) is 0 Å². The Balaban J connectivity index is 2.30. The lowest BCUT2D eigenvalue weighted by Gasteiger charge is -2.29. The van der Waals surface area contributed by atoms with E-state index in [-0.39, 0.29) is 34.8 Å². The number of carbonyl (C=O) groups is 1. The molecule has 0 aliphatic carbocycles. The number of anilines is 1. The predicted octanol–water partition coefficient (Wildman–Crippen LogP) is 2.48. The van der Waals surface area contributed by atoms with Crippen molar-refractivity contribution in [3.63, 3.8) is 0 Å². The average Bonchev–Trinajstić information content (AvgIpc) is 2.59. The molecule has 0 amide bonds. The Morgan fingerprint density at radius 2 is 1.93 bits per heavy atom. The van der Waals surface area contributed by atoms with Gasteiger partial charge in [0.15, 0.2) is 0 Å². The van der Waals surface area contributed by atoms with Crippen LogP contribution in [0.5, 0.6) is 0 Å². The fourth-order valence-electron chi connectivity index (χ4n) is 3.19. The second-order valence-corrected chi connectivity index (χ2v) is 6.14. The second kappa shape index (κ2) is 7.02. The number of esters is 1. The van der Waals surface area contributed by atoms with Crippen LogP contribution in [-0.2, 0) is 15.7 Å². The molecule has 2 heterocycles. The van der Waals surface area contributed by atoms with Crippen LogP contribution in [0.1, 0.15) is 36.5 Å². The zero-order valence-corrected chi connectivity index (χ0v) is 14.9. The molecule has 1 aliphatic heterocycles. The van der Waals surface area contributed by atoms with Crippen molar-refractivity contribution in [2.75, 3.05) is 11.9 Å².